The van der Waals surface area contributed by atoms with Crippen molar-refractivity contribution in [2.75, 3.05) is 27.3 Å². The molecular weight excluding hydrogens is 325 g/mol. The Morgan fingerprint density at radius 1 is 1.42 bits per heavy atom. The third kappa shape index (κ3) is 4.77. The Balaban J connectivity index is 2.05. The quantitative estimate of drug-likeness (QED) is 0.891. The Morgan fingerprint density at radius 2 is 2.08 bits per heavy atom. The minimum absolute atomic E-state index is 0.0535. The van der Waals surface area contributed by atoms with Crippen LogP contribution in [0.1, 0.15) is 24.4 Å². The van der Waals surface area contributed by atoms with Gasteiger partial charge in [0, 0.05) is 20.2 Å². The maximum absolute atomic E-state index is 13.3. The highest BCUT2D eigenvalue weighted by atomic mass is 19.4. The van der Waals surface area contributed by atoms with Crippen LogP contribution in [0.5, 0.6) is 5.75 Å². The standard InChI is InChI=1S/C16H21F3N2O3/c1-21(10-13-4-3-9-24-13)15(22)20-14(16(17,18)19)11-5-7-12(23-2)8-6-11/h5-8,13-14H,3-4,9-10H2,1-2H3,(H,20,22)/t13-,14+/m1/s1. The van der Waals surface area contributed by atoms with E-state index in [2.05, 4.69) is 5.32 Å². The molecule has 1 fully saturated rings. The topological polar surface area (TPSA) is 50.8 Å². The van der Waals surface area contributed by atoms with Gasteiger partial charge in [-0.3, -0.25) is 0 Å². The van der Waals surface area contributed by atoms with Gasteiger partial charge in [-0.2, -0.15) is 13.2 Å². The number of nitrogens with zero attached hydrogens (tertiary/aromatic N) is 1. The zero-order valence-electron chi connectivity index (χ0n) is 13.6. The van der Waals surface area contributed by atoms with E-state index in [1.165, 1.54) is 43.3 Å². The van der Waals surface area contributed by atoms with E-state index < -0.39 is 18.2 Å². The van der Waals surface area contributed by atoms with Crippen LogP contribution in [-0.2, 0) is 4.74 Å². The molecule has 0 bridgehead atoms. The largest absolute Gasteiger partial charge is 0.497 e. The number of hydrogen-bond acceptors (Lipinski definition) is 3. The lowest BCUT2D eigenvalue weighted by molar-refractivity contribution is -0.155. The van der Waals surface area contributed by atoms with E-state index in [0.29, 0.717) is 12.4 Å². The molecule has 134 valence electrons. The fraction of sp³-hybridized carbons (Fsp3) is 0.562. The SMILES string of the molecule is COc1ccc([C@H](NC(=O)N(C)C[C@H]2CCCO2)C(F)(F)F)cc1. The minimum Gasteiger partial charge on any atom is -0.497 e. The highest BCUT2D eigenvalue weighted by Gasteiger charge is 2.42. The summed E-state index contributed by atoms with van der Waals surface area (Å²) in [4.78, 5) is 13.3. The molecule has 0 unspecified atom stereocenters. The number of carbonyl (C=O) groups excluding carboxylic acids is 1. The molecule has 2 rings (SSSR count). The number of alkyl halides is 3. The molecule has 5 nitrogen and oxygen atoms in total. The molecular formula is C16H21F3N2O3. The molecule has 2 amide bonds. The van der Waals surface area contributed by atoms with Gasteiger partial charge in [-0.05, 0) is 30.5 Å². The maximum Gasteiger partial charge on any atom is 0.412 e. The zero-order chi connectivity index (χ0) is 17.7. The molecule has 0 aliphatic carbocycles. The first-order valence-electron chi connectivity index (χ1n) is 7.65. The van der Waals surface area contributed by atoms with Gasteiger partial charge in [-0.25, -0.2) is 4.79 Å². The number of methoxy groups -OCH3 is 1. The third-order valence-corrected chi connectivity index (χ3v) is 3.89. The summed E-state index contributed by atoms with van der Waals surface area (Å²) in [5.41, 5.74) is -0.0535. The second-order valence-electron chi connectivity index (χ2n) is 5.71. The van der Waals surface area contributed by atoms with Crippen LogP contribution in [0.3, 0.4) is 0 Å². The second-order valence-corrected chi connectivity index (χ2v) is 5.71. The van der Waals surface area contributed by atoms with E-state index in [0.717, 1.165) is 12.8 Å². The molecule has 1 saturated heterocycles. The number of rotatable bonds is 5. The first-order chi connectivity index (χ1) is 11.3. The number of halogens is 3. The fourth-order valence-electron chi connectivity index (χ4n) is 2.56. The van der Waals surface area contributed by atoms with Crippen molar-refractivity contribution in [3.63, 3.8) is 0 Å². The molecule has 1 aromatic rings. The van der Waals surface area contributed by atoms with Crippen molar-refractivity contribution in [1.29, 1.82) is 0 Å². The van der Waals surface area contributed by atoms with Gasteiger partial charge in [0.25, 0.3) is 0 Å². The van der Waals surface area contributed by atoms with Gasteiger partial charge in [0.05, 0.1) is 13.2 Å². The summed E-state index contributed by atoms with van der Waals surface area (Å²) >= 11 is 0. The summed E-state index contributed by atoms with van der Waals surface area (Å²) < 4.78 is 50.3. The summed E-state index contributed by atoms with van der Waals surface area (Å²) in [5.74, 6) is 0.446. The Morgan fingerprint density at radius 3 is 2.58 bits per heavy atom. The van der Waals surface area contributed by atoms with Crippen LogP contribution >= 0.6 is 0 Å². The Labute approximate surface area is 138 Å². The van der Waals surface area contributed by atoms with E-state index in [4.69, 9.17) is 9.47 Å². The number of carbonyl (C=O) groups is 1. The molecule has 2 atom stereocenters. The van der Waals surface area contributed by atoms with Crippen molar-refractivity contribution < 1.29 is 27.4 Å². The molecule has 24 heavy (non-hydrogen) atoms. The summed E-state index contributed by atoms with van der Waals surface area (Å²) in [7, 11) is 2.89. The van der Waals surface area contributed by atoms with Gasteiger partial charge in [0.1, 0.15) is 5.75 Å². The van der Waals surface area contributed by atoms with Gasteiger partial charge in [0.2, 0.25) is 0 Å². The van der Waals surface area contributed by atoms with Crippen LogP contribution in [0.25, 0.3) is 0 Å². The van der Waals surface area contributed by atoms with Gasteiger partial charge in [-0.1, -0.05) is 12.1 Å². The first-order valence-corrected chi connectivity index (χ1v) is 7.65. The van der Waals surface area contributed by atoms with Crippen LogP contribution in [0.4, 0.5) is 18.0 Å². The summed E-state index contributed by atoms with van der Waals surface area (Å²) in [6.45, 7) is 0.885. The van der Waals surface area contributed by atoms with E-state index in [9.17, 15) is 18.0 Å². The molecule has 0 saturated carbocycles. The van der Waals surface area contributed by atoms with Gasteiger partial charge < -0.3 is 19.7 Å². The predicted octanol–water partition coefficient (Wildman–Crippen LogP) is 3.12. The second kappa shape index (κ2) is 7.74. The minimum atomic E-state index is -4.60. The summed E-state index contributed by atoms with van der Waals surface area (Å²) in [6.07, 6.45) is -3.02. The number of urea groups is 1. The Hall–Kier alpha value is -1.96. The van der Waals surface area contributed by atoms with E-state index >= 15 is 0 Å². The lowest BCUT2D eigenvalue weighted by Crippen LogP contribution is -2.46. The highest BCUT2D eigenvalue weighted by Crippen LogP contribution is 2.33. The number of amides is 2. The van der Waals surface area contributed by atoms with Crippen molar-refractivity contribution in [3.05, 3.63) is 29.8 Å². The average Bonchev–Trinajstić information content (AvgIpc) is 3.04. The fourth-order valence-corrected chi connectivity index (χ4v) is 2.56. The smallest absolute Gasteiger partial charge is 0.412 e. The van der Waals surface area contributed by atoms with Crippen molar-refractivity contribution in [3.8, 4) is 5.75 Å². The monoisotopic (exact) mass is 346 g/mol. The average molecular weight is 346 g/mol. The third-order valence-electron chi connectivity index (χ3n) is 3.89. The van der Waals surface area contributed by atoms with Gasteiger partial charge in [0.15, 0.2) is 6.04 Å². The number of likely N-dealkylation sites (N-methyl/N-ethyl adjacent to an activating group) is 1. The van der Waals surface area contributed by atoms with Gasteiger partial charge in [-0.15, -0.1) is 0 Å². The zero-order valence-corrected chi connectivity index (χ0v) is 13.6. The van der Waals surface area contributed by atoms with E-state index in [1.807, 2.05) is 0 Å². The van der Waals surface area contributed by atoms with Crippen LogP contribution < -0.4 is 10.1 Å². The van der Waals surface area contributed by atoms with E-state index in [1.54, 1.807) is 0 Å². The van der Waals surface area contributed by atoms with Crippen molar-refractivity contribution in [2.24, 2.45) is 0 Å². The molecule has 1 aliphatic heterocycles. The summed E-state index contributed by atoms with van der Waals surface area (Å²) in [6, 6.07) is 2.56. The Bertz CT molecular complexity index is 542. The summed E-state index contributed by atoms with van der Waals surface area (Å²) in [5, 5.41) is 2.05. The molecule has 1 N–H and O–H groups in total. The molecule has 1 aromatic carbocycles. The Kier molecular flexibility index (Phi) is 5.93. The number of nitrogens with one attached hydrogen (secondary N) is 1. The molecule has 1 heterocycles. The van der Waals surface area contributed by atoms with Gasteiger partial charge >= 0.3 is 12.2 Å². The molecule has 0 spiro atoms. The molecule has 1 aliphatic rings. The highest BCUT2D eigenvalue weighted by molar-refractivity contribution is 5.74. The van der Waals surface area contributed by atoms with Crippen molar-refractivity contribution in [1.82, 2.24) is 10.2 Å². The van der Waals surface area contributed by atoms with Crippen LogP contribution in [-0.4, -0.2) is 50.5 Å². The number of benzene rings is 1. The van der Waals surface area contributed by atoms with Crippen molar-refractivity contribution in [2.45, 2.75) is 31.2 Å². The van der Waals surface area contributed by atoms with Crippen LogP contribution in [0.2, 0.25) is 0 Å². The van der Waals surface area contributed by atoms with Crippen molar-refractivity contribution >= 4 is 6.03 Å². The van der Waals surface area contributed by atoms with Crippen LogP contribution in [0, 0.1) is 0 Å². The van der Waals surface area contributed by atoms with Crippen LogP contribution in [0.15, 0.2) is 24.3 Å². The maximum atomic E-state index is 13.3. The normalized spacial score (nSPS) is 19.0. The lowest BCUT2D eigenvalue weighted by atomic mass is 10.1. The predicted molar refractivity (Wildman–Crippen MR) is 81.9 cm³/mol. The molecule has 8 heteroatoms. The first kappa shape index (κ1) is 18.4. The molecule has 0 radical (unpaired) electrons. The van der Waals surface area contributed by atoms with E-state index in [-0.39, 0.29) is 18.2 Å². The number of ether oxygens (including phenoxy) is 2. The lowest BCUT2D eigenvalue weighted by Gasteiger charge is -2.27. The molecule has 0 aromatic heterocycles. The number of hydrogen-bond donors (Lipinski definition) is 1.